The number of hydrogen-bond acceptors (Lipinski definition) is 6. The fourth-order valence-corrected chi connectivity index (χ4v) is 4.46. The summed E-state index contributed by atoms with van der Waals surface area (Å²) in [5, 5.41) is 12.0. The predicted octanol–water partition coefficient (Wildman–Crippen LogP) is 2.42. The highest BCUT2D eigenvalue weighted by molar-refractivity contribution is 5.83. The molecule has 1 fully saturated rings. The van der Waals surface area contributed by atoms with Crippen molar-refractivity contribution in [1.29, 1.82) is 0 Å². The van der Waals surface area contributed by atoms with Crippen LogP contribution in [0.3, 0.4) is 0 Å². The van der Waals surface area contributed by atoms with Crippen LogP contribution < -0.4 is 15.8 Å². The Morgan fingerprint density at radius 1 is 1.05 bits per heavy atom. The number of halogens is 3. The minimum absolute atomic E-state index is 0.00226. The van der Waals surface area contributed by atoms with E-state index >= 15 is 0 Å². The maximum absolute atomic E-state index is 13.2. The van der Waals surface area contributed by atoms with Gasteiger partial charge >= 0.3 is 12.1 Å². The van der Waals surface area contributed by atoms with Crippen LogP contribution in [0, 0.1) is 0 Å². The summed E-state index contributed by atoms with van der Waals surface area (Å²) in [5.74, 6) is -1.97. The fraction of sp³-hybridized carbons (Fsp3) is 0.346. The molecule has 2 heterocycles. The van der Waals surface area contributed by atoms with E-state index in [0.29, 0.717) is 31.7 Å². The summed E-state index contributed by atoms with van der Waals surface area (Å²) in [6.07, 6.45) is -3.92. The number of nitrogens with zero attached hydrogens (tertiary/aromatic N) is 4. The smallest absolute Gasteiger partial charge is 0.416 e. The highest BCUT2D eigenvalue weighted by atomic mass is 19.4. The normalized spacial score (nSPS) is 14.8. The number of benzene rings is 2. The van der Waals surface area contributed by atoms with Gasteiger partial charge in [-0.1, -0.05) is 12.1 Å². The molecule has 206 valence electrons. The Morgan fingerprint density at radius 3 is 2.31 bits per heavy atom. The van der Waals surface area contributed by atoms with Crippen LogP contribution in [0.1, 0.15) is 30.5 Å². The summed E-state index contributed by atoms with van der Waals surface area (Å²) in [6, 6.07) is 7.93. The molecule has 13 heteroatoms. The number of amides is 2. The van der Waals surface area contributed by atoms with Crippen molar-refractivity contribution in [3.05, 3.63) is 70.3 Å². The van der Waals surface area contributed by atoms with Crippen molar-refractivity contribution in [2.24, 2.45) is 0 Å². The number of nitrogens with one attached hydrogen (secondary N) is 1. The molecule has 0 spiro atoms. The quantitative estimate of drug-likeness (QED) is 0.467. The van der Waals surface area contributed by atoms with Crippen molar-refractivity contribution in [2.75, 3.05) is 31.1 Å². The first kappa shape index (κ1) is 27.6. The molecular formula is C26H26F3N5O5. The summed E-state index contributed by atoms with van der Waals surface area (Å²) in [7, 11) is 0. The number of alkyl halides is 3. The Bertz CT molecular complexity index is 1450. The lowest BCUT2D eigenvalue weighted by Crippen LogP contribution is -2.48. The molecule has 3 aromatic rings. The maximum atomic E-state index is 13.2. The van der Waals surface area contributed by atoms with Crippen LogP contribution in [-0.4, -0.2) is 63.5 Å². The second kappa shape index (κ2) is 11.1. The van der Waals surface area contributed by atoms with Crippen LogP contribution in [0.5, 0.6) is 0 Å². The second-order valence-electron chi connectivity index (χ2n) is 9.21. The third-order valence-corrected chi connectivity index (χ3v) is 6.57. The lowest BCUT2D eigenvalue weighted by molar-refractivity contribution is -0.139. The molecule has 10 nitrogen and oxygen atoms in total. The number of piperazine rings is 1. The molecule has 1 aliphatic rings. The first-order valence-corrected chi connectivity index (χ1v) is 12.1. The third-order valence-electron chi connectivity index (χ3n) is 6.57. The standard InChI is InChI=1S/C26H26F3N5O5/c1-16(35)32-8-10-33(11-9-32)19-6-7-21-20(12-19)25(39)34(15-30-21)14-23(36)31-22(13-24(37)38)17-2-4-18(5-3-17)26(27,28)29/h2-7,12,15,22H,8-11,13-14H2,1H3,(H,31,36)(H,37,38). The summed E-state index contributed by atoms with van der Waals surface area (Å²) in [4.78, 5) is 56.9. The molecule has 39 heavy (non-hydrogen) atoms. The maximum Gasteiger partial charge on any atom is 0.416 e. The van der Waals surface area contributed by atoms with Crippen LogP contribution in [0.4, 0.5) is 18.9 Å². The lowest BCUT2D eigenvalue weighted by Gasteiger charge is -2.35. The van der Waals surface area contributed by atoms with Gasteiger partial charge in [0.25, 0.3) is 5.56 Å². The first-order valence-electron chi connectivity index (χ1n) is 12.1. The van der Waals surface area contributed by atoms with E-state index in [4.69, 9.17) is 0 Å². The van der Waals surface area contributed by atoms with E-state index in [1.165, 1.54) is 13.3 Å². The minimum Gasteiger partial charge on any atom is -0.481 e. The zero-order valence-corrected chi connectivity index (χ0v) is 20.9. The van der Waals surface area contributed by atoms with Crippen LogP contribution in [0.2, 0.25) is 0 Å². The molecule has 0 bridgehead atoms. The first-order chi connectivity index (χ1) is 18.4. The number of aromatic nitrogens is 2. The van der Waals surface area contributed by atoms with Gasteiger partial charge in [0.15, 0.2) is 0 Å². The molecule has 1 saturated heterocycles. The lowest BCUT2D eigenvalue weighted by atomic mass is 10.0. The van der Waals surface area contributed by atoms with Crippen molar-refractivity contribution < 1.29 is 32.7 Å². The van der Waals surface area contributed by atoms with Gasteiger partial charge in [-0.25, -0.2) is 4.98 Å². The molecular weight excluding hydrogens is 519 g/mol. The number of carboxylic acid groups (broad SMARTS) is 1. The fourth-order valence-electron chi connectivity index (χ4n) is 4.46. The minimum atomic E-state index is -4.56. The molecule has 1 aromatic heterocycles. The highest BCUT2D eigenvalue weighted by Gasteiger charge is 2.30. The van der Waals surface area contributed by atoms with E-state index in [2.05, 4.69) is 10.3 Å². The van der Waals surface area contributed by atoms with Gasteiger partial charge in [-0.05, 0) is 35.9 Å². The highest BCUT2D eigenvalue weighted by Crippen LogP contribution is 2.30. The van der Waals surface area contributed by atoms with Gasteiger partial charge < -0.3 is 20.2 Å². The number of carboxylic acids is 1. The topological polar surface area (TPSA) is 125 Å². The van der Waals surface area contributed by atoms with Gasteiger partial charge in [0.2, 0.25) is 11.8 Å². The second-order valence-corrected chi connectivity index (χ2v) is 9.21. The zero-order valence-electron chi connectivity index (χ0n) is 20.9. The third kappa shape index (κ3) is 6.54. The Labute approximate surface area is 220 Å². The number of rotatable bonds is 7. The summed E-state index contributed by atoms with van der Waals surface area (Å²) < 4.78 is 39.7. The molecule has 2 aromatic carbocycles. The number of fused-ring (bicyclic) bond motifs is 1. The molecule has 0 saturated carbocycles. The molecule has 0 aliphatic carbocycles. The van der Waals surface area contributed by atoms with Gasteiger partial charge in [0.05, 0.1) is 35.3 Å². The Morgan fingerprint density at radius 2 is 1.72 bits per heavy atom. The Balaban J connectivity index is 1.51. The summed E-state index contributed by atoms with van der Waals surface area (Å²) in [6.45, 7) is 3.35. The molecule has 2 amide bonds. The van der Waals surface area contributed by atoms with E-state index in [-0.39, 0.29) is 16.9 Å². The molecule has 0 radical (unpaired) electrons. The summed E-state index contributed by atoms with van der Waals surface area (Å²) in [5.41, 5.74) is -0.00612. The molecule has 4 rings (SSSR count). The number of aliphatic carboxylic acids is 1. The molecule has 1 atom stereocenters. The van der Waals surface area contributed by atoms with Crippen LogP contribution in [0.15, 0.2) is 53.6 Å². The van der Waals surface area contributed by atoms with E-state index in [0.717, 1.165) is 34.5 Å². The van der Waals surface area contributed by atoms with Gasteiger partial charge in [-0.3, -0.25) is 23.7 Å². The molecule has 1 unspecified atom stereocenters. The van der Waals surface area contributed by atoms with Crippen molar-refractivity contribution in [1.82, 2.24) is 19.8 Å². The van der Waals surface area contributed by atoms with Crippen LogP contribution in [-0.2, 0) is 27.1 Å². The van der Waals surface area contributed by atoms with Crippen LogP contribution >= 0.6 is 0 Å². The van der Waals surface area contributed by atoms with Crippen molar-refractivity contribution in [3.63, 3.8) is 0 Å². The number of carbonyl (C=O) groups is 3. The Hall–Kier alpha value is -4.42. The van der Waals surface area contributed by atoms with E-state index in [9.17, 15) is 37.5 Å². The van der Waals surface area contributed by atoms with Gasteiger partial charge in [-0.15, -0.1) is 0 Å². The number of carbonyl (C=O) groups excluding carboxylic acids is 2. The van der Waals surface area contributed by atoms with Crippen molar-refractivity contribution >= 4 is 34.4 Å². The van der Waals surface area contributed by atoms with Gasteiger partial charge in [0, 0.05) is 38.8 Å². The zero-order chi connectivity index (χ0) is 28.3. The predicted molar refractivity (Wildman–Crippen MR) is 135 cm³/mol. The van der Waals surface area contributed by atoms with E-state index in [1.807, 2.05) is 11.0 Å². The van der Waals surface area contributed by atoms with E-state index in [1.54, 1.807) is 17.0 Å². The average Bonchev–Trinajstić information content (AvgIpc) is 2.89. The number of hydrogen-bond donors (Lipinski definition) is 2. The largest absolute Gasteiger partial charge is 0.481 e. The monoisotopic (exact) mass is 545 g/mol. The molecule has 1 aliphatic heterocycles. The van der Waals surface area contributed by atoms with Crippen LogP contribution in [0.25, 0.3) is 10.9 Å². The van der Waals surface area contributed by atoms with Gasteiger partial charge in [0.1, 0.15) is 6.54 Å². The van der Waals surface area contributed by atoms with Crippen molar-refractivity contribution in [2.45, 2.75) is 32.1 Å². The SMILES string of the molecule is CC(=O)N1CCN(c2ccc3ncn(CC(=O)NC(CC(=O)O)c4ccc(C(F)(F)F)cc4)c(=O)c3c2)CC1. The van der Waals surface area contributed by atoms with E-state index < -0.39 is 48.2 Å². The summed E-state index contributed by atoms with van der Waals surface area (Å²) >= 11 is 0. The van der Waals surface area contributed by atoms with Crippen molar-refractivity contribution in [3.8, 4) is 0 Å². The average molecular weight is 546 g/mol. The van der Waals surface area contributed by atoms with Gasteiger partial charge in [-0.2, -0.15) is 13.2 Å². The number of anilines is 1. The Kier molecular flexibility index (Phi) is 7.88. The molecule has 2 N–H and O–H groups in total.